The summed E-state index contributed by atoms with van der Waals surface area (Å²) in [7, 11) is 0. The second-order valence-corrected chi connectivity index (χ2v) is 7.20. The second-order valence-electron chi connectivity index (χ2n) is 6.79. The number of Topliss-reactive ketones (excluding diaryl/α,β-unsaturated/α-hetero) is 1. The van der Waals surface area contributed by atoms with E-state index in [1.807, 2.05) is 24.3 Å². The topological polar surface area (TPSA) is 88.3 Å². The molecule has 0 saturated heterocycles. The van der Waals surface area contributed by atoms with Crippen molar-refractivity contribution in [3.8, 4) is 0 Å². The van der Waals surface area contributed by atoms with E-state index in [-0.39, 0.29) is 16.4 Å². The Morgan fingerprint density at radius 1 is 1.03 bits per heavy atom. The fourth-order valence-corrected chi connectivity index (χ4v) is 3.33. The number of fused-ring (bicyclic) bond motifs is 1. The van der Waals surface area contributed by atoms with Crippen molar-refractivity contribution in [2.75, 3.05) is 0 Å². The molecule has 0 aliphatic heterocycles. The minimum atomic E-state index is -1.000. The third-order valence-electron chi connectivity index (χ3n) is 4.62. The summed E-state index contributed by atoms with van der Waals surface area (Å²) in [6, 6.07) is 13.0. The molecule has 0 fully saturated rings. The SMILES string of the molecule is Cc1[nH]c2ccccc2c1C(=O)[C@@H](C)OC(=O)[C@H](C)NC(=O)c1ccccc1Cl. The lowest BCUT2D eigenvalue weighted by atomic mass is 10.0. The Morgan fingerprint density at radius 2 is 1.69 bits per heavy atom. The largest absolute Gasteiger partial charge is 0.453 e. The molecule has 29 heavy (non-hydrogen) atoms. The van der Waals surface area contributed by atoms with Crippen molar-refractivity contribution in [2.24, 2.45) is 0 Å². The number of hydrogen-bond acceptors (Lipinski definition) is 4. The van der Waals surface area contributed by atoms with Crippen LogP contribution in [0.15, 0.2) is 48.5 Å². The number of H-pyrrole nitrogens is 1. The Kier molecular flexibility index (Phi) is 6.03. The molecule has 0 saturated carbocycles. The Bertz CT molecular complexity index is 1090. The Balaban J connectivity index is 1.68. The molecular formula is C22H21ClN2O4. The van der Waals surface area contributed by atoms with E-state index in [2.05, 4.69) is 10.3 Å². The van der Waals surface area contributed by atoms with Crippen molar-refractivity contribution in [1.82, 2.24) is 10.3 Å². The molecule has 0 bridgehead atoms. The Labute approximate surface area is 173 Å². The highest BCUT2D eigenvalue weighted by molar-refractivity contribution is 6.33. The molecule has 0 spiro atoms. The first-order valence-corrected chi connectivity index (χ1v) is 9.54. The maximum absolute atomic E-state index is 12.9. The lowest BCUT2D eigenvalue weighted by molar-refractivity contribution is -0.148. The highest BCUT2D eigenvalue weighted by atomic mass is 35.5. The number of aromatic amines is 1. The number of nitrogens with one attached hydrogen (secondary N) is 2. The van der Waals surface area contributed by atoms with Crippen molar-refractivity contribution in [2.45, 2.75) is 32.9 Å². The molecule has 1 amide bonds. The molecule has 0 unspecified atom stereocenters. The molecule has 1 heterocycles. The minimum absolute atomic E-state index is 0.257. The third kappa shape index (κ3) is 4.32. The van der Waals surface area contributed by atoms with Crippen molar-refractivity contribution in [1.29, 1.82) is 0 Å². The molecule has 2 atom stereocenters. The molecule has 7 heteroatoms. The molecule has 0 aliphatic rings. The average Bonchev–Trinajstić information content (AvgIpc) is 3.03. The van der Waals surface area contributed by atoms with E-state index in [1.54, 1.807) is 31.2 Å². The van der Waals surface area contributed by atoms with E-state index >= 15 is 0 Å². The summed E-state index contributed by atoms with van der Waals surface area (Å²) in [5.41, 5.74) is 2.30. The number of amides is 1. The summed E-state index contributed by atoms with van der Waals surface area (Å²) >= 11 is 6.00. The van der Waals surface area contributed by atoms with Gasteiger partial charge in [-0.15, -0.1) is 0 Å². The van der Waals surface area contributed by atoms with Gasteiger partial charge >= 0.3 is 5.97 Å². The van der Waals surface area contributed by atoms with E-state index in [0.717, 1.165) is 10.9 Å². The number of rotatable bonds is 6. The zero-order valence-corrected chi connectivity index (χ0v) is 17.0. The standard InChI is InChI=1S/C22H21ClN2O4/c1-12-19(16-9-5-7-11-18(16)24-12)20(26)14(3)29-22(28)13(2)25-21(27)15-8-4-6-10-17(15)23/h4-11,13-14,24H,1-3H3,(H,25,27)/t13-,14+/m0/s1. The van der Waals surface area contributed by atoms with Crippen LogP contribution in [-0.2, 0) is 9.53 Å². The van der Waals surface area contributed by atoms with E-state index in [0.29, 0.717) is 11.3 Å². The zero-order chi connectivity index (χ0) is 21.1. The van der Waals surface area contributed by atoms with Crippen molar-refractivity contribution in [3.05, 3.63) is 70.4 Å². The Morgan fingerprint density at radius 3 is 2.41 bits per heavy atom. The summed E-state index contributed by atoms with van der Waals surface area (Å²) in [6.07, 6.45) is -1.000. The molecule has 2 aromatic carbocycles. The van der Waals surface area contributed by atoms with Crippen LogP contribution in [0.4, 0.5) is 0 Å². The summed E-state index contributed by atoms with van der Waals surface area (Å²) in [5, 5.41) is 3.60. The van der Waals surface area contributed by atoms with Crippen LogP contribution in [-0.4, -0.2) is 34.8 Å². The van der Waals surface area contributed by atoms with Crippen LogP contribution in [0, 0.1) is 6.92 Å². The van der Waals surface area contributed by atoms with E-state index in [4.69, 9.17) is 16.3 Å². The van der Waals surface area contributed by atoms with E-state index in [1.165, 1.54) is 13.8 Å². The molecule has 3 rings (SSSR count). The smallest absolute Gasteiger partial charge is 0.329 e. The summed E-state index contributed by atoms with van der Waals surface area (Å²) in [5.74, 6) is -1.51. The van der Waals surface area contributed by atoms with Gasteiger partial charge < -0.3 is 15.0 Å². The van der Waals surface area contributed by atoms with Gasteiger partial charge in [0.25, 0.3) is 5.91 Å². The lowest BCUT2D eigenvalue weighted by Gasteiger charge is -2.17. The van der Waals surface area contributed by atoms with E-state index in [9.17, 15) is 14.4 Å². The fraction of sp³-hybridized carbons (Fsp3) is 0.227. The summed E-state index contributed by atoms with van der Waals surface area (Å²) < 4.78 is 5.32. The van der Waals surface area contributed by atoms with Gasteiger partial charge in [-0.1, -0.05) is 41.9 Å². The molecule has 150 valence electrons. The van der Waals surface area contributed by atoms with Gasteiger partial charge in [-0.3, -0.25) is 9.59 Å². The van der Waals surface area contributed by atoms with E-state index < -0.39 is 24.0 Å². The first-order chi connectivity index (χ1) is 13.8. The van der Waals surface area contributed by atoms with Crippen LogP contribution in [0.25, 0.3) is 10.9 Å². The Hall–Kier alpha value is -3.12. The number of para-hydroxylation sites is 1. The normalized spacial score (nSPS) is 13.0. The van der Waals surface area contributed by atoms with Gasteiger partial charge in [0.2, 0.25) is 5.78 Å². The van der Waals surface area contributed by atoms with Crippen molar-refractivity contribution in [3.63, 3.8) is 0 Å². The average molecular weight is 413 g/mol. The molecule has 2 N–H and O–H groups in total. The first kappa shape index (κ1) is 20.6. The highest BCUT2D eigenvalue weighted by Gasteiger charge is 2.27. The zero-order valence-electron chi connectivity index (χ0n) is 16.3. The van der Waals surface area contributed by atoms with Crippen LogP contribution in [0.5, 0.6) is 0 Å². The predicted octanol–water partition coefficient (Wildman–Crippen LogP) is 4.06. The maximum Gasteiger partial charge on any atom is 0.329 e. The van der Waals surface area contributed by atoms with Crippen LogP contribution in [0.2, 0.25) is 5.02 Å². The quantitative estimate of drug-likeness (QED) is 0.472. The molecular weight excluding hydrogens is 392 g/mol. The maximum atomic E-state index is 12.9. The number of carbonyl (C=O) groups is 3. The number of benzene rings is 2. The van der Waals surface area contributed by atoms with Crippen molar-refractivity contribution >= 4 is 40.2 Å². The van der Waals surface area contributed by atoms with Gasteiger partial charge in [0, 0.05) is 22.2 Å². The highest BCUT2D eigenvalue weighted by Crippen LogP contribution is 2.24. The number of ketones is 1. The summed E-state index contributed by atoms with van der Waals surface area (Å²) in [6.45, 7) is 4.81. The number of carbonyl (C=O) groups excluding carboxylic acids is 3. The van der Waals surface area contributed by atoms with Crippen molar-refractivity contribution < 1.29 is 19.1 Å². The van der Waals surface area contributed by atoms with Gasteiger partial charge in [-0.05, 0) is 39.0 Å². The second kappa shape index (κ2) is 8.49. The van der Waals surface area contributed by atoms with Crippen LogP contribution < -0.4 is 5.32 Å². The number of esters is 1. The number of halogens is 1. The minimum Gasteiger partial charge on any atom is -0.453 e. The lowest BCUT2D eigenvalue weighted by Crippen LogP contribution is -2.41. The van der Waals surface area contributed by atoms with Crippen LogP contribution in [0.1, 0.15) is 40.3 Å². The molecule has 1 aromatic heterocycles. The number of hydrogen-bond donors (Lipinski definition) is 2. The molecule has 0 aliphatic carbocycles. The monoisotopic (exact) mass is 412 g/mol. The molecule has 6 nitrogen and oxygen atoms in total. The predicted molar refractivity (Wildman–Crippen MR) is 111 cm³/mol. The third-order valence-corrected chi connectivity index (χ3v) is 4.95. The molecule has 3 aromatic rings. The van der Waals surface area contributed by atoms with Gasteiger partial charge in [-0.25, -0.2) is 4.79 Å². The van der Waals surface area contributed by atoms with Crippen LogP contribution >= 0.6 is 11.6 Å². The van der Waals surface area contributed by atoms with Gasteiger partial charge in [0.05, 0.1) is 10.6 Å². The summed E-state index contributed by atoms with van der Waals surface area (Å²) in [4.78, 5) is 40.7. The molecule has 0 radical (unpaired) electrons. The first-order valence-electron chi connectivity index (χ1n) is 9.17. The van der Waals surface area contributed by atoms with Gasteiger partial charge in [-0.2, -0.15) is 0 Å². The van der Waals surface area contributed by atoms with Gasteiger partial charge in [0.15, 0.2) is 6.10 Å². The van der Waals surface area contributed by atoms with Crippen LogP contribution in [0.3, 0.4) is 0 Å². The number of aryl methyl sites for hydroxylation is 1. The number of ether oxygens (including phenoxy) is 1. The number of aromatic nitrogens is 1. The van der Waals surface area contributed by atoms with Gasteiger partial charge in [0.1, 0.15) is 6.04 Å². The fourth-order valence-electron chi connectivity index (χ4n) is 3.11.